The molecule has 0 spiro atoms. The molecule has 0 heterocycles. The van der Waals surface area contributed by atoms with E-state index in [-0.39, 0.29) is 6.15 Å². The third-order valence-corrected chi connectivity index (χ3v) is 0.682. The van der Waals surface area contributed by atoms with Crippen molar-refractivity contribution in [2.45, 2.75) is 26.1 Å². The number of carbonyl (C=O) groups excluding carboxylic acids is 2. The normalized spacial score (nSPS) is 10.9. The number of carboxylic acid groups (broad SMARTS) is 2. The molecule has 0 saturated heterocycles. The van der Waals surface area contributed by atoms with Gasteiger partial charge in [-0.2, -0.15) is 0 Å². The molecule has 10 heteroatoms. The van der Waals surface area contributed by atoms with Crippen LogP contribution >= 0.6 is 0 Å². The van der Waals surface area contributed by atoms with Crippen LogP contribution in [0.5, 0.6) is 0 Å². The van der Waals surface area contributed by atoms with E-state index in [9.17, 15) is 19.8 Å². The number of carboxylic acids is 2. The quantitative estimate of drug-likeness (QED) is 0.311. The van der Waals surface area contributed by atoms with Gasteiger partial charge in [0.1, 0.15) is 0 Å². The van der Waals surface area contributed by atoms with Crippen LogP contribution in [0.15, 0.2) is 0 Å². The van der Waals surface area contributed by atoms with Crippen LogP contribution in [0.1, 0.15) is 13.8 Å². The van der Waals surface area contributed by atoms with E-state index in [4.69, 9.17) is 17.6 Å². The minimum absolute atomic E-state index is 0. The summed E-state index contributed by atoms with van der Waals surface area (Å²) in [5.41, 5.74) is 0. The van der Waals surface area contributed by atoms with Gasteiger partial charge in [0.2, 0.25) is 0 Å². The second-order valence-corrected chi connectivity index (χ2v) is 2.40. The van der Waals surface area contributed by atoms with Crippen molar-refractivity contribution in [1.29, 1.82) is 0 Å². The van der Waals surface area contributed by atoms with Crippen LogP contribution in [-0.2, 0) is 29.5 Å². The molecule has 2 atom stereocenters. The fourth-order valence-electron chi connectivity index (χ4n) is 0. The van der Waals surface area contributed by atoms with E-state index in [2.05, 4.69) is 0 Å². The second kappa shape index (κ2) is 16.9. The van der Waals surface area contributed by atoms with Gasteiger partial charge in [0.25, 0.3) is 0 Å². The van der Waals surface area contributed by atoms with E-state index < -0.39 is 44.1 Å². The molecule has 9 nitrogen and oxygen atoms in total. The molecule has 0 amide bonds. The zero-order chi connectivity index (χ0) is 13.0. The first-order valence-corrected chi connectivity index (χ1v) is 4.91. The Morgan fingerprint density at radius 1 is 1.00 bits per heavy atom. The zero-order valence-corrected chi connectivity index (χ0v) is 10.6. The standard InChI is InChI=1S/2C3H6O3.H3N.2H2O.Ti/c2*1-2(4)3(5)6;;;;/h2*2,4H,1H3,(H,5,6);1H3;2*1H2;/q;;;;;+3/p-3. The van der Waals surface area contributed by atoms with Crippen molar-refractivity contribution >= 4 is 11.9 Å². The van der Waals surface area contributed by atoms with E-state index in [1.165, 1.54) is 0 Å². The molecule has 0 aromatic rings. The van der Waals surface area contributed by atoms with E-state index in [0.717, 1.165) is 13.8 Å². The first-order valence-electron chi connectivity index (χ1n) is 3.51. The molecule has 0 aliphatic heterocycles. The van der Waals surface area contributed by atoms with E-state index >= 15 is 0 Å². The van der Waals surface area contributed by atoms with E-state index in [1.807, 2.05) is 0 Å². The topological polar surface area (TPSA) is 198 Å². The van der Waals surface area contributed by atoms with Crippen LogP contribution in [0.4, 0.5) is 0 Å². The maximum absolute atomic E-state index is 9.34. The van der Waals surface area contributed by atoms with Gasteiger partial charge in [-0.3, -0.25) is 0 Å². The Hall–Kier alpha value is -0.546. The summed E-state index contributed by atoms with van der Waals surface area (Å²) in [6, 6.07) is 0. The SMILES string of the molecule is CC(O)C(=O)[O-].CC(O)C(=O)[O-].[NH4+].[OH][Ti+][OH]. The summed E-state index contributed by atoms with van der Waals surface area (Å²) in [6.45, 7) is 2.27. The van der Waals surface area contributed by atoms with Crippen LogP contribution in [-0.4, -0.2) is 41.7 Å². The molecule has 16 heavy (non-hydrogen) atoms. The number of rotatable bonds is 2. The van der Waals surface area contributed by atoms with Crippen molar-refractivity contribution < 1.29 is 57.3 Å². The van der Waals surface area contributed by atoms with Gasteiger partial charge >= 0.3 is 27.3 Å². The number of carbonyl (C=O) groups is 2. The number of aliphatic carboxylic acids is 2. The van der Waals surface area contributed by atoms with Crippen LogP contribution < -0.4 is 16.4 Å². The van der Waals surface area contributed by atoms with Gasteiger partial charge in [0.15, 0.2) is 0 Å². The van der Waals surface area contributed by atoms with Crippen molar-refractivity contribution in [2.24, 2.45) is 0 Å². The zero-order valence-electron chi connectivity index (χ0n) is 9.08. The Labute approximate surface area is 102 Å². The fourth-order valence-corrected chi connectivity index (χ4v) is 0. The van der Waals surface area contributed by atoms with E-state index in [0.29, 0.717) is 0 Å². The first kappa shape index (κ1) is 24.6. The van der Waals surface area contributed by atoms with Crippen molar-refractivity contribution in [2.75, 3.05) is 0 Å². The molecule has 0 aromatic heterocycles. The molecular formula is C6H16NO8Ti. The summed E-state index contributed by atoms with van der Waals surface area (Å²) in [6.07, 6.45) is -2.69. The first-order chi connectivity index (χ1) is 6.70. The van der Waals surface area contributed by atoms with Crippen molar-refractivity contribution in [3.8, 4) is 0 Å². The summed E-state index contributed by atoms with van der Waals surface area (Å²) in [7, 11) is 0. The Morgan fingerprint density at radius 3 is 1.06 bits per heavy atom. The molecule has 0 rings (SSSR count). The van der Waals surface area contributed by atoms with Gasteiger partial charge in [-0.15, -0.1) is 0 Å². The van der Waals surface area contributed by atoms with Gasteiger partial charge in [-0.1, -0.05) is 0 Å². The molecular weight excluding hydrogens is 262 g/mol. The van der Waals surface area contributed by atoms with E-state index in [1.54, 1.807) is 0 Å². The summed E-state index contributed by atoms with van der Waals surface area (Å²) >= 11 is -1.50. The minimum atomic E-state index is -1.50. The van der Waals surface area contributed by atoms with Crippen LogP contribution in [0, 0.1) is 0 Å². The van der Waals surface area contributed by atoms with Crippen LogP contribution in [0.25, 0.3) is 0 Å². The van der Waals surface area contributed by atoms with Gasteiger partial charge in [0, 0.05) is 0 Å². The summed E-state index contributed by atoms with van der Waals surface area (Å²) in [5, 5.41) is 34.6. The molecule has 0 aliphatic rings. The molecule has 0 saturated carbocycles. The Bertz CT molecular complexity index is 156. The Morgan fingerprint density at radius 2 is 1.06 bits per heavy atom. The van der Waals surface area contributed by atoms with Crippen LogP contribution in [0.2, 0.25) is 0 Å². The molecule has 97 valence electrons. The monoisotopic (exact) mass is 278 g/mol. The Balaban J connectivity index is -0.0000000692. The number of hydrogen-bond donors (Lipinski definition) is 5. The predicted octanol–water partition coefficient (Wildman–Crippen LogP) is -4.51. The van der Waals surface area contributed by atoms with Crippen molar-refractivity contribution in [1.82, 2.24) is 6.15 Å². The van der Waals surface area contributed by atoms with Crippen molar-refractivity contribution in [3.63, 3.8) is 0 Å². The molecule has 0 bridgehead atoms. The molecule has 8 N–H and O–H groups in total. The average molecular weight is 278 g/mol. The predicted molar refractivity (Wildman–Crippen MR) is 43.8 cm³/mol. The molecule has 0 aromatic carbocycles. The fraction of sp³-hybridized carbons (Fsp3) is 0.667. The summed E-state index contributed by atoms with van der Waals surface area (Å²) < 4.78 is 14.5. The second-order valence-electron chi connectivity index (χ2n) is 2.09. The molecule has 0 fully saturated rings. The molecule has 0 radical (unpaired) electrons. The van der Waals surface area contributed by atoms with Crippen LogP contribution in [0.3, 0.4) is 0 Å². The van der Waals surface area contributed by atoms with Gasteiger partial charge in [0.05, 0.1) is 24.1 Å². The maximum atomic E-state index is 9.34. The Kier molecular flexibility index (Phi) is 25.9. The molecule has 2 unspecified atom stereocenters. The molecule has 0 aliphatic carbocycles. The average Bonchev–Trinajstić information content (AvgIpc) is 2.06. The number of hydrogen-bond acceptors (Lipinski definition) is 8. The third kappa shape index (κ3) is 37.6. The summed E-state index contributed by atoms with van der Waals surface area (Å²) in [4.78, 5) is 18.7. The summed E-state index contributed by atoms with van der Waals surface area (Å²) in [5.74, 6) is -2.87. The third-order valence-electron chi connectivity index (χ3n) is 0.682. The number of aliphatic hydroxyl groups excluding tert-OH is 2. The van der Waals surface area contributed by atoms with Gasteiger partial charge in [-0.05, 0) is 13.8 Å². The van der Waals surface area contributed by atoms with Crippen molar-refractivity contribution in [3.05, 3.63) is 0 Å². The number of quaternary nitrogens is 1. The van der Waals surface area contributed by atoms with Gasteiger partial charge in [-0.25, -0.2) is 0 Å². The van der Waals surface area contributed by atoms with Gasteiger partial charge < -0.3 is 36.2 Å². The number of aliphatic hydroxyl groups is 2.